The summed E-state index contributed by atoms with van der Waals surface area (Å²) in [6.45, 7) is 0. The van der Waals surface area contributed by atoms with E-state index in [2.05, 4.69) is 68.3 Å². The van der Waals surface area contributed by atoms with Crippen molar-refractivity contribution in [1.82, 2.24) is 0 Å². The minimum absolute atomic E-state index is 0.908. The molecule has 3 heteroatoms. The van der Waals surface area contributed by atoms with Crippen LogP contribution in [0.3, 0.4) is 0 Å². The van der Waals surface area contributed by atoms with Gasteiger partial charge >= 0.3 is 0 Å². The number of furan rings is 1. The molecule has 4 aromatic rings. The fourth-order valence-electron chi connectivity index (χ4n) is 2.72. The van der Waals surface area contributed by atoms with Gasteiger partial charge in [-0.1, -0.05) is 80.4 Å². The second kappa shape index (κ2) is 5.99. The van der Waals surface area contributed by atoms with Gasteiger partial charge in [0, 0.05) is 30.8 Å². The predicted molar refractivity (Wildman–Crippen MR) is 102 cm³/mol. The third-order valence-corrected chi connectivity index (χ3v) is 4.89. The molecule has 0 radical (unpaired) electrons. The highest BCUT2D eigenvalue weighted by molar-refractivity contribution is 9.10. The van der Waals surface area contributed by atoms with Crippen LogP contribution in [-0.4, -0.2) is 0 Å². The highest BCUT2D eigenvalue weighted by Crippen LogP contribution is 2.39. The van der Waals surface area contributed by atoms with Gasteiger partial charge in [0.2, 0.25) is 0 Å². The van der Waals surface area contributed by atoms with E-state index in [-0.39, 0.29) is 0 Å². The SMILES string of the molecule is Brc1ccc(-c2oc(-c3ccc(Br)cc3)c3ccccc23)cc1. The first-order chi connectivity index (χ1) is 11.2. The summed E-state index contributed by atoms with van der Waals surface area (Å²) < 4.78 is 8.41. The summed E-state index contributed by atoms with van der Waals surface area (Å²) in [5.74, 6) is 1.82. The lowest BCUT2D eigenvalue weighted by molar-refractivity contribution is 0.602. The second-order valence-electron chi connectivity index (χ2n) is 5.32. The normalized spacial score (nSPS) is 11.0. The number of halogens is 2. The third kappa shape index (κ3) is 2.75. The molecule has 0 aliphatic rings. The van der Waals surface area contributed by atoms with Crippen molar-refractivity contribution < 1.29 is 4.42 Å². The van der Waals surface area contributed by atoms with E-state index in [1.807, 2.05) is 36.4 Å². The summed E-state index contributed by atoms with van der Waals surface area (Å²) in [7, 11) is 0. The van der Waals surface area contributed by atoms with Crippen molar-refractivity contribution >= 4 is 42.6 Å². The van der Waals surface area contributed by atoms with E-state index in [0.29, 0.717) is 0 Å². The number of hydrogen-bond acceptors (Lipinski definition) is 1. The van der Waals surface area contributed by atoms with Crippen molar-refractivity contribution in [2.45, 2.75) is 0 Å². The van der Waals surface area contributed by atoms with Crippen LogP contribution in [0.1, 0.15) is 0 Å². The molecule has 0 spiro atoms. The molecular formula is C20H12Br2O. The molecule has 0 aliphatic carbocycles. The molecule has 0 unspecified atom stereocenters. The van der Waals surface area contributed by atoms with Gasteiger partial charge in [0.25, 0.3) is 0 Å². The highest BCUT2D eigenvalue weighted by atomic mass is 79.9. The van der Waals surface area contributed by atoms with Crippen molar-refractivity contribution in [3.05, 3.63) is 81.7 Å². The molecule has 23 heavy (non-hydrogen) atoms. The molecule has 0 amide bonds. The van der Waals surface area contributed by atoms with Crippen LogP contribution in [0.15, 0.2) is 86.2 Å². The number of rotatable bonds is 2. The second-order valence-corrected chi connectivity index (χ2v) is 7.15. The monoisotopic (exact) mass is 426 g/mol. The standard InChI is InChI=1S/C20H12Br2O/c21-15-9-5-13(6-10-15)19-17-3-1-2-4-18(17)20(23-19)14-7-11-16(22)12-8-14/h1-12H. The van der Waals surface area contributed by atoms with Gasteiger partial charge in [-0.3, -0.25) is 0 Å². The first-order valence-electron chi connectivity index (χ1n) is 7.26. The van der Waals surface area contributed by atoms with Crippen molar-refractivity contribution in [1.29, 1.82) is 0 Å². The zero-order chi connectivity index (χ0) is 15.8. The maximum Gasteiger partial charge on any atom is 0.142 e. The Balaban J connectivity index is 1.96. The van der Waals surface area contributed by atoms with Crippen LogP contribution in [0, 0.1) is 0 Å². The summed E-state index contributed by atoms with van der Waals surface area (Å²) in [4.78, 5) is 0. The van der Waals surface area contributed by atoms with E-state index in [4.69, 9.17) is 4.42 Å². The Morgan fingerprint density at radius 1 is 0.522 bits per heavy atom. The van der Waals surface area contributed by atoms with E-state index >= 15 is 0 Å². The van der Waals surface area contributed by atoms with Gasteiger partial charge in [0.1, 0.15) is 11.5 Å². The first-order valence-corrected chi connectivity index (χ1v) is 8.84. The molecule has 1 aromatic heterocycles. The minimum atomic E-state index is 0.908. The van der Waals surface area contributed by atoms with Crippen LogP contribution in [0.4, 0.5) is 0 Å². The van der Waals surface area contributed by atoms with Crippen LogP contribution in [0.5, 0.6) is 0 Å². The van der Waals surface area contributed by atoms with E-state index in [0.717, 1.165) is 42.4 Å². The van der Waals surface area contributed by atoms with Gasteiger partial charge in [-0.2, -0.15) is 0 Å². The molecule has 0 bridgehead atoms. The number of hydrogen-bond donors (Lipinski definition) is 0. The molecule has 0 saturated carbocycles. The van der Waals surface area contributed by atoms with Crippen molar-refractivity contribution in [2.24, 2.45) is 0 Å². The molecule has 4 rings (SSSR count). The lowest BCUT2D eigenvalue weighted by atomic mass is 10.0. The predicted octanol–water partition coefficient (Wildman–Crippen LogP) is 7.29. The highest BCUT2D eigenvalue weighted by Gasteiger charge is 2.15. The van der Waals surface area contributed by atoms with E-state index in [1.165, 1.54) is 0 Å². The summed E-state index contributed by atoms with van der Waals surface area (Å²) in [5.41, 5.74) is 2.15. The fourth-order valence-corrected chi connectivity index (χ4v) is 3.25. The number of benzene rings is 3. The van der Waals surface area contributed by atoms with Crippen LogP contribution in [-0.2, 0) is 0 Å². The zero-order valence-electron chi connectivity index (χ0n) is 12.1. The Bertz CT molecular complexity index is 887. The average Bonchev–Trinajstić information content (AvgIpc) is 2.96. The zero-order valence-corrected chi connectivity index (χ0v) is 15.3. The molecule has 112 valence electrons. The smallest absolute Gasteiger partial charge is 0.142 e. The lowest BCUT2D eigenvalue weighted by Crippen LogP contribution is -1.74. The van der Waals surface area contributed by atoms with Gasteiger partial charge < -0.3 is 4.42 Å². The van der Waals surface area contributed by atoms with Crippen LogP contribution in [0.2, 0.25) is 0 Å². The van der Waals surface area contributed by atoms with E-state index in [1.54, 1.807) is 0 Å². The maximum absolute atomic E-state index is 6.29. The summed E-state index contributed by atoms with van der Waals surface area (Å²) in [6, 6.07) is 24.7. The molecule has 1 heterocycles. The van der Waals surface area contributed by atoms with E-state index in [9.17, 15) is 0 Å². The van der Waals surface area contributed by atoms with E-state index < -0.39 is 0 Å². The fraction of sp³-hybridized carbons (Fsp3) is 0. The third-order valence-electron chi connectivity index (χ3n) is 3.83. The molecule has 0 fully saturated rings. The molecule has 0 N–H and O–H groups in total. The van der Waals surface area contributed by atoms with Gasteiger partial charge in [-0.15, -0.1) is 0 Å². The topological polar surface area (TPSA) is 13.1 Å². The Kier molecular flexibility index (Phi) is 3.83. The Morgan fingerprint density at radius 2 is 0.913 bits per heavy atom. The van der Waals surface area contributed by atoms with Gasteiger partial charge in [-0.25, -0.2) is 0 Å². The summed E-state index contributed by atoms with van der Waals surface area (Å²) in [6.07, 6.45) is 0. The van der Waals surface area contributed by atoms with Crippen LogP contribution >= 0.6 is 31.9 Å². The van der Waals surface area contributed by atoms with Gasteiger partial charge in [-0.05, 0) is 24.3 Å². The van der Waals surface area contributed by atoms with Gasteiger partial charge in [0.05, 0.1) is 0 Å². The molecular weight excluding hydrogens is 416 g/mol. The van der Waals surface area contributed by atoms with Crippen LogP contribution in [0.25, 0.3) is 33.4 Å². The largest absolute Gasteiger partial charge is 0.455 e. The van der Waals surface area contributed by atoms with Gasteiger partial charge in [0.15, 0.2) is 0 Å². The average molecular weight is 428 g/mol. The first kappa shape index (κ1) is 14.7. The Hall–Kier alpha value is -1.84. The lowest BCUT2D eigenvalue weighted by Gasteiger charge is -1.99. The summed E-state index contributed by atoms with van der Waals surface area (Å²) in [5, 5.41) is 2.26. The Labute approximate surface area is 151 Å². The van der Waals surface area contributed by atoms with Crippen molar-refractivity contribution in [3.63, 3.8) is 0 Å². The maximum atomic E-state index is 6.29. The van der Waals surface area contributed by atoms with Crippen molar-refractivity contribution in [2.75, 3.05) is 0 Å². The molecule has 1 nitrogen and oxygen atoms in total. The van der Waals surface area contributed by atoms with Crippen molar-refractivity contribution in [3.8, 4) is 22.6 Å². The minimum Gasteiger partial charge on any atom is -0.455 e. The summed E-state index contributed by atoms with van der Waals surface area (Å²) >= 11 is 6.96. The molecule has 0 atom stereocenters. The number of fused-ring (bicyclic) bond motifs is 1. The molecule has 0 saturated heterocycles. The quantitative estimate of drug-likeness (QED) is 0.327. The molecule has 0 aliphatic heterocycles. The Morgan fingerprint density at radius 3 is 1.30 bits per heavy atom. The molecule has 3 aromatic carbocycles. The van der Waals surface area contributed by atoms with Crippen LogP contribution < -0.4 is 0 Å².